The van der Waals surface area contributed by atoms with Crippen molar-refractivity contribution >= 4 is 57.6 Å². The molecule has 0 heterocycles. The van der Waals surface area contributed by atoms with Gasteiger partial charge in [0.15, 0.2) is 6.61 Å². The van der Waals surface area contributed by atoms with Gasteiger partial charge in [-0.1, -0.05) is 43.1 Å². The van der Waals surface area contributed by atoms with Crippen LogP contribution in [-0.4, -0.2) is 35.4 Å². The Kier molecular flexibility index (Phi) is 10.4. The first-order valence-electron chi connectivity index (χ1n) is 10.2. The van der Waals surface area contributed by atoms with E-state index in [0.29, 0.717) is 27.8 Å². The fraction of sp³-hybridized carbons (Fsp3) is 0.391. The molecule has 168 valence electrons. The average Bonchev–Trinajstić information content (AvgIpc) is 2.74. The van der Waals surface area contributed by atoms with Crippen molar-refractivity contribution < 1.29 is 14.3 Å². The van der Waals surface area contributed by atoms with Gasteiger partial charge in [-0.3, -0.25) is 9.59 Å². The van der Waals surface area contributed by atoms with Crippen LogP contribution in [0.25, 0.3) is 0 Å². The number of hydrogen-bond acceptors (Lipinski definition) is 3. The fourth-order valence-electron chi connectivity index (χ4n) is 2.97. The van der Waals surface area contributed by atoms with Crippen LogP contribution >= 0.6 is 45.8 Å². The average molecular weight is 577 g/mol. The van der Waals surface area contributed by atoms with E-state index in [1.807, 2.05) is 32.9 Å². The van der Waals surface area contributed by atoms with Crippen molar-refractivity contribution in [1.29, 1.82) is 0 Å². The number of halogens is 3. The number of carbonyl (C=O) groups is 2. The van der Waals surface area contributed by atoms with Crippen molar-refractivity contribution in [2.24, 2.45) is 0 Å². The zero-order chi connectivity index (χ0) is 23.0. The molecule has 0 saturated carbocycles. The maximum atomic E-state index is 13.2. The predicted molar refractivity (Wildman–Crippen MR) is 134 cm³/mol. The van der Waals surface area contributed by atoms with E-state index in [1.165, 1.54) is 4.90 Å². The lowest BCUT2D eigenvalue weighted by Crippen LogP contribution is -2.51. The molecule has 0 spiro atoms. The van der Waals surface area contributed by atoms with E-state index in [0.717, 1.165) is 9.99 Å². The zero-order valence-corrected chi connectivity index (χ0v) is 21.5. The summed E-state index contributed by atoms with van der Waals surface area (Å²) >= 11 is 14.9. The summed E-state index contributed by atoms with van der Waals surface area (Å²) in [7, 11) is 0. The van der Waals surface area contributed by atoms with Crippen LogP contribution in [-0.2, 0) is 16.1 Å². The van der Waals surface area contributed by atoms with Gasteiger partial charge in [0.2, 0.25) is 5.91 Å². The fourth-order valence-corrected chi connectivity index (χ4v) is 3.85. The molecule has 0 fully saturated rings. The summed E-state index contributed by atoms with van der Waals surface area (Å²) in [5, 5.41) is 3.86. The first-order chi connectivity index (χ1) is 14.8. The van der Waals surface area contributed by atoms with Crippen LogP contribution in [0.4, 0.5) is 0 Å². The third kappa shape index (κ3) is 7.54. The molecule has 0 radical (unpaired) electrons. The van der Waals surface area contributed by atoms with Gasteiger partial charge in [0.1, 0.15) is 11.8 Å². The maximum Gasteiger partial charge on any atom is 0.261 e. The molecule has 0 aliphatic heterocycles. The molecule has 5 nitrogen and oxygen atoms in total. The first kappa shape index (κ1) is 25.7. The topological polar surface area (TPSA) is 58.6 Å². The van der Waals surface area contributed by atoms with Crippen LogP contribution in [0.1, 0.15) is 39.2 Å². The number of ether oxygens (including phenoxy) is 1. The number of hydrogen-bond donors (Lipinski definition) is 1. The number of carbonyl (C=O) groups excluding carboxylic acids is 2. The van der Waals surface area contributed by atoms with Gasteiger partial charge in [-0.05, 0) is 78.8 Å². The summed E-state index contributed by atoms with van der Waals surface area (Å²) in [5.41, 5.74) is 0.600. The summed E-state index contributed by atoms with van der Waals surface area (Å²) in [6.07, 6.45) is 1.24. The van der Waals surface area contributed by atoms with E-state index in [1.54, 1.807) is 30.3 Å². The van der Waals surface area contributed by atoms with Crippen molar-refractivity contribution in [2.45, 2.75) is 52.2 Å². The normalized spacial score (nSPS) is 12.7. The summed E-state index contributed by atoms with van der Waals surface area (Å²) in [4.78, 5) is 27.7. The molecular weight excluding hydrogens is 550 g/mol. The molecule has 31 heavy (non-hydrogen) atoms. The van der Waals surface area contributed by atoms with Gasteiger partial charge in [-0.2, -0.15) is 0 Å². The number of rotatable bonds is 10. The molecule has 2 aromatic carbocycles. The van der Waals surface area contributed by atoms with Crippen molar-refractivity contribution in [1.82, 2.24) is 10.2 Å². The second-order valence-electron chi connectivity index (χ2n) is 7.21. The van der Waals surface area contributed by atoms with Crippen molar-refractivity contribution in [3.8, 4) is 5.75 Å². The molecule has 8 heteroatoms. The van der Waals surface area contributed by atoms with Gasteiger partial charge in [0.25, 0.3) is 5.91 Å². The number of benzene rings is 2. The molecule has 0 saturated heterocycles. The Morgan fingerprint density at radius 2 is 1.68 bits per heavy atom. The Bertz CT molecular complexity index is 873. The van der Waals surface area contributed by atoms with Crippen LogP contribution in [0, 0.1) is 3.57 Å². The number of nitrogens with zero attached hydrogens (tertiary/aromatic N) is 1. The Morgan fingerprint density at radius 3 is 2.23 bits per heavy atom. The van der Waals surface area contributed by atoms with E-state index < -0.39 is 6.04 Å². The van der Waals surface area contributed by atoms with Crippen LogP contribution < -0.4 is 10.1 Å². The third-order valence-electron chi connectivity index (χ3n) is 4.95. The van der Waals surface area contributed by atoms with E-state index >= 15 is 0 Å². The minimum absolute atomic E-state index is 0.00504. The minimum Gasteiger partial charge on any atom is -0.484 e. The van der Waals surface area contributed by atoms with Gasteiger partial charge >= 0.3 is 0 Å². The smallest absolute Gasteiger partial charge is 0.261 e. The molecular formula is C23H27Cl2IN2O3. The molecule has 0 aliphatic rings. The van der Waals surface area contributed by atoms with E-state index in [2.05, 4.69) is 27.9 Å². The Morgan fingerprint density at radius 1 is 1.06 bits per heavy atom. The highest BCUT2D eigenvalue weighted by Gasteiger charge is 2.30. The largest absolute Gasteiger partial charge is 0.484 e. The van der Waals surface area contributed by atoms with E-state index in [4.69, 9.17) is 27.9 Å². The lowest BCUT2D eigenvalue weighted by atomic mass is 10.1. The van der Waals surface area contributed by atoms with Gasteiger partial charge in [0.05, 0.1) is 0 Å². The second kappa shape index (κ2) is 12.5. The quantitative estimate of drug-likeness (QED) is 0.369. The molecule has 0 bridgehead atoms. The lowest BCUT2D eigenvalue weighted by molar-refractivity contribution is -0.143. The molecule has 2 aromatic rings. The van der Waals surface area contributed by atoms with Gasteiger partial charge in [-0.25, -0.2) is 0 Å². The third-order valence-corrected chi connectivity index (χ3v) is 6.38. The highest BCUT2D eigenvalue weighted by atomic mass is 127. The molecule has 2 atom stereocenters. The van der Waals surface area contributed by atoms with E-state index in [-0.39, 0.29) is 31.0 Å². The van der Waals surface area contributed by atoms with Gasteiger partial charge in [-0.15, -0.1) is 0 Å². The lowest BCUT2D eigenvalue weighted by Gasteiger charge is -2.31. The van der Waals surface area contributed by atoms with Crippen molar-refractivity contribution in [2.75, 3.05) is 6.61 Å². The first-order valence-corrected chi connectivity index (χ1v) is 12.0. The zero-order valence-electron chi connectivity index (χ0n) is 17.8. The summed E-state index contributed by atoms with van der Waals surface area (Å²) in [5.74, 6) is 0.0601. The molecule has 0 aromatic heterocycles. The minimum atomic E-state index is -0.672. The van der Waals surface area contributed by atoms with Crippen LogP contribution in [0.3, 0.4) is 0 Å². The number of amides is 2. The summed E-state index contributed by atoms with van der Waals surface area (Å²) < 4.78 is 6.75. The molecule has 2 rings (SSSR count). The van der Waals surface area contributed by atoms with Crippen molar-refractivity contribution in [3.05, 3.63) is 61.6 Å². The summed E-state index contributed by atoms with van der Waals surface area (Å²) in [6, 6.07) is 11.9. The maximum absolute atomic E-state index is 13.2. The van der Waals surface area contributed by atoms with Crippen LogP contribution in [0.15, 0.2) is 42.5 Å². The molecule has 2 amide bonds. The Balaban J connectivity index is 2.27. The summed E-state index contributed by atoms with van der Waals surface area (Å²) in [6.45, 7) is 5.71. The predicted octanol–water partition coefficient (Wildman–Crippen LogP) is 5.70. The molecule has 0 unspecified atom stereocenters. The van der Waals surface area contributed by atoms with Crippen LogP contribution in [0.5, 0.6) is 5.75 Å². The van der Waals surface area contributed by atoms with Gasteiger partial charge in [0, 0.05) is 31.8 Å². The Hall–Kier alpha value is -1.51. The SMILES string of the molecule is CC[C@@H](C)NC(=O)[C@@H](CC)N(Cc1c(Cl)cccc1Cl)C(=O)COc1ccc(I)cc1. The van der Waals surface area contributed by atoms with Crippen LogP contribution in [0.2, 0.25) is 10.0 Å². The molecule has 0 aliphatic carbocycles. The second-order valence-corrected chi connectivity index (χ2v) is 9.27. The molecule has 1 N–H and O–H groups in total. The standard InChI is InChI=1S/C23H27Cl2IN2O3/c1-4-15(3)27-23(30)21(5-2)28(13-18-19(24)7-6-8-20(18)25)22(29)14-31-17-11-9-16(26)10-12-17/h6-12,15,21H,4-5,13-14H2,1-3H3,(H,27,30)/t15-,21-/m1/s1. The van der Waals surface area contributed by atoms with Crippen molar-refractivity contribution in [3.63, 3.8) is 0 Å². The highest BCUT2D eigenvalue weighted by Crippen LogP contribution is 2.27. The number of nitrogens with one attached hydrogen (secondary N) is 1. The highest BCUT2D eigenvalue weighted by molar-refractivity contribution is 14.1. The monoisotopic (exact) mass is 576 g/mol. The Labute approximate surface area is 207 Å². The van der Waals surface area contributed by atoms with Gasteiger partial charge < -0.3 is 15.0 Å². The van der Waals surface area contributed by atoms with E-state index in [9.17, 15) is 9.59 Å².